The van der Waals surface area contributed by atoms with E-state index in [4.69, 9.17) is 4.74 Å². The molecule has 1 amide bonds. The van der Waals surface area contributed by atoms with Crippen molar-refractivity contribution in [2.75, 3.05) is 6.54 Å². The Bertz CT molecular complexity index is 1340. The Morgan fingerprint density at radius 3 is 2.36 bits per heavy atom. The van der Waals surface area contributed by atoms with Gasteiger partial charge in [-0.25, -0.2) is 9.48 Å². The van der Waals surface area contributed by atoms with Crippen LogP contribution in [0.1, 0.15) is 35.9 Å². The lowest BCUT2D eigenvalue weighted by Crippen LogP contribution is -2.35. The first-order valence-corrected chi connectivity index (χ1v) is 12.0. The standard InChI is InChI=1S/C25H22N4O3S/c30-24(22-17-6-1-3-8-19(17)32-20-9-4-2-7-18(20)22)26-13-14-28-25(31)29(16-11-12-16)23(27-28)21-10-5-15-33-21/h1-10,15-16,22H,11-14H2,(H,26,30). The number of hydrogen-bond donors (Lipinski definition) is 1. The smallest absolute Gasteiger partial charge is 0.346 e. The van der Waals surface area contributed by atoms with Crippen molar-refractivity contribution >= 4 is 17.2 Å². The van der Waals surface area contributed by atoms with Gasteiger partial charge in [-0.05, 0) is 36.4 Å². The third-order valence-electron chi connectivity index (χ3n) is 6.09. The van der Waals surface area contributed by atoms with Crippen LogP contribution < -0.4 is 15.7 Å². The molecule has 1 saturated carbocycles. The van der Waals surface area contributed by atoms with Crippen molar-refractivity contribution in [3.8, 4) is 22.2 Å². The first kappa shape index (κ1) is 20.0. The minimum Gasteiger partial charge on any atom is -0.457 e. The molecule has 0 atom stereocenters. The van der Waals surface area contributed by atoms with Crippen LogP contribution in [0.3, 0.4) is 0 Å². The number of carbonyl (C=O) groups is 1. The van der Waals surface area contributed by atoms with E-state index >= 15 is 0 Å². The van der Waals surface area contributed by atoms with Crippen molar-refractivity contribution in [1.29, 1.82) is 0 Å². The summed E-state index contributed by atoms with van der Waals surface area (Å²) in [5.41, 5.74) is 1.56. The first-order valence-electron chi connectivity index (χ1n) is 11.1. The van der Waals surface area contributed by atoms with E-state index in [9.17, 15) is 9.59 Å². The van der Waals surface area contributed by atoms with Crippen molar-refractivity contribution in [2.45, 2.75) is 31.3 Å². The van der Waals surface area contributed by atoms with Crippen LogP contribution in [0.15, 0.2) is 70.8 Å². The Morgan fingerprint density at radius 1 is 1.03 bits per heavy atom. The number of amides is 1. The summed E-state index contributed by atoms with van der Waals surface area (Å²) in [7, 11) is 0. The van der Waals surface area contributed by atoms with Crippen molar-refractivity contribution in [1.82, 2.24) is 19.7 Å². The fourth-order valence-electron chi connectivity index (χ4n) is 4.38. The van der Waals surface area contributed by atoms with E-state index in [0.717, 1.165) is 34.7 Å². The number of nitrogens with zero attached hydrogens (tertiary/aromatic N) is 3. The monoisotopic (exact) mass is 458 g/mol. The number of carbonyl (C=O) groups excluding carboxylic acids is 1. The minimum absolute atomic E-state index is 0.114. The van der Waals surface area contributed by atoms with Gasteiger partial charge < -0.3 is 10.1 Å². The Hall–Kier alpha value is -3.65. The molecule has 6 rings (SSSR count). The minimum atomic E-state index is -0.464. The average Bonchev–Trinajstić information content (AvgIpc) is 3.41. The van der Waals surface area contributed by atoms with E-state index < -0.39 is 5.92 Å². The van der Waals surface area contributed by atoms with Gasteiger partial charge in [0.15, 0.2) is 5.82 Å². The summed E-state index contributed by atoms with van der Waals surface area (Å²) in [4.78, 5) is 27.3. The van der Waals surface area contributed by atoms with Gasteiger partial charge in [0.2, 0.25) is 5.91 Å². The Morgan fingerprint density at radius 2 is 1.73 bits per heavy atom. The maximum Gasteiger partial charge on any atom is 0.346 e. The molecule has 0 bridgehead atoms. The molecular weight excluding hydrogens is 436 g/mol. The molecule has 1 fully saturated rings. The number of hydrogen-bond acceptors (Lipinski definition) is 5. The molecule has 2 aromatic carbocycles. The molecule has 1 N–H and O–H groups in total. The third-order valence-corrected chi connectivity index (χ3v) is 6.95. The van der Waals surface area contributed by atoms with Crippen LogP contribution in [0.25, 0.3) is 10.7 Å². The van der Waals surface area contributed by atoms with Gasteiger partial charge in [-0.2, -0.15) is 0 Å². The number of para-hydroxylation sites is 2. The van der Waals surface area contributed by atoms with Crippen LogP contribution in [0, 0.1) is 0 Å². The highest BCUT2D eigenvalue weighted by Crippen LogP contribution is 2.43. The Balaban J connectivity index is 1.23. The number of aromatic nitrogens is 3. The maximum absolute atomic E-state index is 13.3. The van der Waals surface area contributed by atoms with Gasteiger partial charge in [0.1, 0.15) is 11.5 Å². The SMILES string of the molecule is O=C(NCCn1nc(-c2cccs2)n(C2CC2)c1=O)C1c2ccccc2Oc2ccccc21. The van der Waals surface area contributed by atoms with Crippen LogP contribution in [0.2, 0.25) is 0 Å². The predicted octanol–water partition coefficient (Wildman–Crippen LogP) is 4.16. The fraction of sp³-hybridized carbons (Fsp3) is 0.240. The van der Waals surface area contributed by atoms with E-state index in [1.165, 1.54) is 4.68 Å². The molecule has 7 nitrogen and oxygen atoms in total. The van der Waals surface area contributed by atoms with Gasteiger partial charge in [0.25, 0.3) is 0 Å². The summed E-state index contributed by atoms with van der Waals surface area (Å²) in [6.07, 6.45) is 2.01. The molecule has 166 valence electrons. The number of fused-ring (bicyclic) bond motifs is 2. The molecule has 8 heteroatoms. The summed E-state index contributed by atoms with van der Waals surface area (Å²) in [5.74, 6) is 1.52. The van der Waals surface area contributed by atoms with E-state index in [1.54, 1.807) is 15.9 Å². The van der Waals surface area contributed by atoms with Crippen molar-refractivity contribution in [3.63, 3.8) is 0 Å². The molecule has 2 aliphatic rings. The van der Waals surface area contributed by atoms with Crippen LogP contribution >= 0.6 is 11.3 Å². The third kappa shape index (κ3) is 3.56. The average molecular weight is 459 g/mol. The number of nitrogens with one attached hydrogen (secondary N) is 1. The molecule has 2 aromatic heterocycles. The van der Waals surface area contributed by atoms with Gasteiger partial charge in [0, 0.05) is 23.7 Å². The quantitative estimate of drug-likeness (QED) is 0.471. The molecule has 0 radical (unpaired) electrons. The molecule has 0 spiro atoms. The largest absolute Gasteiger partial charge is 0.457 e. The first-order chi connectivity index (χ1) is 16.2. The number of benzene rings is 2. The number of ether oxygens (including phenoxy) is 1. The second-order valence-electron chi connectivity index (χ2n) is 8.31. The van der Waals surface area contributed by atoms with Crippen molar-refractivity contribution < 1.29 is 9.53 Å². The Kier molecular flexibility index (Phi) is 4.87. The van der Waals surface area contributed by atoms with E-state index in [1.807, 2.05) is 66.0 Å². The normalized spacial score (nSPS) is 14.9. The maximum atomic E-state index is 13.3. The summed E-state index contributed by atoms with van der Waals surface area (Å²) in [6, 6.07) is 19.4. The molecule has 33 heavy (non-hydrogen) atoms. The summed E-state index contributed by atoms with van der Waals surface area (Å²) in [6.45, 7) is 0.626. The lowest BCUT2D eigenvalue weighted by atomic mass is 9.87. The van der Waals surface area contributed by atoms with Gasteiger partial charge in [-0.15, -0.1) is 16.4 Å². The predicted molar refractivity (Wildman–Crippen MR) is 126 cm³/mol. The highest BCUT2D eigenvalue weighted by molar-refractivity contribution is 7.13. The van der Waals surface area contributed by atoms with E-state index in [0.29, 0.717) is 24.6 Å². The van der Waals surface area contributed by atoms with Gasteiger partial charge in [-0.1, -0.05) is 42.5 Å². The molecule has 1 aliphatic carbocycles. The van der Waals surface area contributed by atoms with Crippen LogP contribution in [0.4, 0.5) is 0 Å². The van der Waals surface area contributed by atoms with Crippen molar-refractivity contribution in [2.24, 2.45) is 0 Å². The molecule has 3 heterocycles. The summed E-state index contributed by atoms with van der Waals surface area (Å²) >= 11 is 1.57. The zero-order chi connectivity index (χ0) is 22.4. The lowest BCUT2D eigenvalue weighted by Gasteiger charge is -2.27. The molecule has 1 aliphatic heterocycles. The highest BCUT2D eigenvalue weighted by atomic mass is 32.1. The molecule has 0 unspecified atom stereocenters. The van der Waals surface area contributed by atoms with Crippen molar-refractivity contribution in [3.05, 3.63) is 87.7 Å². The molecule has 0 saturated heterocycles. The highest BCUT2D eigenvalue weighted by Gasteiger charge is 2.33. The topological polar surface area (TPSA) is 78.2 Å². The molecule has 4 aromatic rings. The van der Waals surface area contributed by atoms with Gasteiger partial charge in [0.05, 0.1) is 17.3 Å². The summed E-state index contributed by atoms with van der Waals surface area (Å²) in [5, 5.41) is 9.60. The van der Waals surface area contributed by atoms with Gasteiger partial charge in [-0.3, -0.25) is 9.36 Å². The van der Waals surface area contributed by atoms with E-state index in [-0.39, 0.29) is 17.6 Å². The van der Waals surface area contributed by atoms with E-state index in [2.05, 4.69) is 10.4 Å². The summed E-state index contributed by atoms with van der Waals surface area (Å²) < 4.78 is 9.27. The number of rotatable bonds is 6. The molecular formula is C25H22N4O3S. The Labute approximate surface area is 194 Å². The van der Waals surface area contributed by atoms with Crippen LogP contribution in [0.5, 0.6) is 11.5 Å². The lowest BCUT2D eigenvalue weighted by molar-refractivity contribution is -0.121. The zero-order valence-electron chi connectivity index (χ0n) is 17.8. The zero-order valence-corrected chi connectivity index (χ0v) is 18.6. The second-order valence-corrected chi connectivity index (χ2v) is 9.26. The van der Waals surface area contributed by atoms with Crippen LogP contribution in [-0.2, 0) is 11.3 Å². The van der Waals surface area contributed by atoms with Crippen LogP contribution in [-0.4, -0.2) is 26.8 Å². The number of thiophene rings is 1. The fourth-order valence-corrected chi connectivity index (χ4v) is 5.09. The second kappa shape index (κ2) is 8.04. The van der Waals surface area contributed by atoms with Gasteiger partial charge >= 0.3 is 5.69 Å².